The Balaban J connectivity index is 1.52. The molecule has 3 rings (SSSR count). The lowest BCUT2D eigenvalue weighted by Crippen LogP contribution is -2.49. The van der Waals surface area contributed by atoms with E-state index in [0.717, 1.165) is 6.54 Å². The van der Waals surface area contributed by atoms with Crippen LogP contribution >= 0.6 is 0 Å². The summed E-state index contributed by atoms with van der Waals surface area (Å²) in [6.07, 6.45) is 5.08. The molecule has 1 aromatic heterocycles. The molecule has 1 atom stereocenters. The first kappa shape index (κ1) is 14.6. The molecule has 0 radical (unpaired) electrons. The Bertz CT molecular complexity index is 569. The molecule has 1 aliphatic rings. The molecule has 1 aromatic carbocycles. The molecule has 4 heteroatoms. The SMILES string of the molecule is CNC(C)N1CCC(NCc2c[nH]c3ccccc23)CC1. The maximum Gasteiger partial charge on any atom is 0.0565 e. The third-order valence-electron chi connectivity index (χ3n) is 4.75. The Kier molecular flexibility index (Phi) is 4.58. The molecule has 2 aromatic rings. The van der Waals surface area contributed by atoms with Crippen molar-refractivity contribution in [3.63, 3.8) is 0 Å². The number of piperidine rings is 1. The average molecular weight is 286 g/mol. The smallest absolute Gasteiger partial charge is 0.0565 e. The summed E-state index contributed by atoms with van der Waals surface area (Å²) in [4.78, 5) is 5.87. The second-order valence-electron chi connectivity index (χ2n) is 6.02. The highest BCUT2D eigenvalue weighted by molar-refractivity contribution is 5.82. The maximum atomic E-state index is 3.73. The zero-order valence-electron chi connectivity index (χ0n) is 13.0. The summed E-state index contributed by atoms with van der Waals surface area (Å²) >= 11 is 0. The van der Waals surface area contributed by atoms with Crippen LogP contribution in [0.25, 0.3) is 10.9 Å². The lowest BCUT2D eigenvalue weighted by atomic mass is 10.0. The van der Waals surface area contributed by atoms with E-state index in [1.807, 2.05) is 7.05 Å². The number of nitrogens with one attached hydrogen (secondary N) is 3. The van der Waals surface area contributed by atoms with Crippen LogP contribution < -0.4 is 10.6 Å². The first-order valence-electron chi connectivity index (χ1n) is 7.97. The van der Waals surface area contributed by atoms with Crippen molar-refractivity contribution in [2.24, 2.45) is 0 Å². The molecule has 2 heterocycles. The van der Waals surface area contributed by atoms with Crippen LogP contribution in [-0.2, 0) is 6.54 Å². The number of H-pyrrole nitrogens is 1. The Morgan fingerprint density at radius 1 is 1.29 bits per heavy atom. The first-order chi connectivity index (χ1) is 10.3. The fourth-order valence-corrected chi connectivity index (χ4v) is 3.21. The van der Waals surface area contributed by atoms with Gasteiger partial charge in [-0.25, -0.2) is 0 Å². The Hall–Kier alpha value is -1.36. The van der Waals surface area contributed by atoms with Crippen molar-refractivity contribution >= 4 is 10.9 Å². The van der Waals surface area contributed by atoms with Gasteiger partial charge in [-0.05, 0) is 38.4 Å². The summed E-state index contributed by atoms with van der Waals surface area (Å²) < 4.78 is 0. The van der Waals surface area contributed by atoms with Crippen LogP contribution in [-0.4, -0.2) is 42.2 Å². The zero-order chi connectivity index (χ0) is 14.7. The van der Waals surface area contributed by atoms with E-state index in [1.54, 1.807) is 0 Å². The summed E-state index contributed by atoms with van der Waals surface area (Å²) in [7, 11) is 2.03. The quantitative estimate of drug-likeness (QED) is 0.790. The maximum absolute atomic E-state index is 3.73. The van der Waals surface area contributed by atoms with Gasteiger partial charge in [-0.1, -0.05) is 18.2 Å². The molecule has 1 unspecified atom stereocenters. The number of fused-ring (bicyclic) bond motifs is 1. The Labute approximate surface area is 126 Å². The number of rotatable bonds is 5. The molecule has 0 spiro atoms. The van der Waals surface area contributed by atoms with Gasteiger partial charge in [0, 0.05) is 42.8 Å². The third-order valence-corrected chi connectivity index (χ3v) is 4.75. The topological polar surface area (TPSA) is 43.1 Å². The van der Waals surface area contributed by atoms with Gasteiger partial charge in [0.2, 0.25) is 0 Å². The van der Waals surface area contributed by atoms with Crippen molar-refractivity contribution in [1.29, 1.82) is 0 Å². The van der Waals surface area contributed by atoms with Gasteiger partial charge in [0.15, 0.2) is 0 Å². The number of nitrogens with zero attached hydrogens (tertiary/aromatic N) is 1. The van der Waals surface area contributed by atoms with Gasteiger partial charge in [-0.15, -0.1) is 0 Å². The van der Waals surface area contributed by atoms with E-state index in [1.165, 1.54) is 42.4 Å². The normalized spacial score (nSPS) is 19.1. The van der Waals surface area contributed by atoms with Gasteiger partial charge < -0.3 is 15.6 Å². The van der Waals surface area contributed by atoms with Crippen LogP contribution in [0.15, 0.2) is 30.5 Å². The standard InChI is InChI=1S/C17H26N4/c1-13(18-2)21-9-7-15(8-10-21)19-11-14-12-20-17-6-4-3-5-16(14)17/h3-6,12-13,15,18-20H,7-11H2,1-2H3. The molecule has 0 aliphatic carbocycles. The molecule has 1 fully saturated rings. The highest BCUT2D eigenvalue weighted by atomic mass is 15.3. The van der Waals surface area contributed by atoms with E-state index < -0.39 is 0 Å². The number of para-hydroxylation sites is 1. The second kappa shape index (κ2) is 6.60. The predicted molar refractivity (Wildman–Crippen MR) is 88.3 cm³/mol. The monoisotopic (exact) mass is 286 g/mol. The van der Waals surface area contributed by atoms with Crippen molar-refractivity contribution in [2.45, 2.75) is 38.5 Å². The van der Waals surface area contributed by atoms with Gasteiger partial charge >= 0.3 is 0 Å². The highest BCUT2D eigenvalue weighted by Gasteiger charge is 2.21. The van der Waals surface area contributed by atoms with Crippen LogP contribution in [0, 0.1) is 0 Å². The summed E-state index contributed by atoms with van der Waals surface area (Å²) in [5.74, 6) is 0. The van der Waals surface area contributed by atoms with Crippen LogP contribution in [0.1, 0.15) is 25.3 Å². The fourth-order valence-electron chi connectivity index (χ4n) is 3.21. The number of likely N-dealkylation sites (tertiary alicyclic amines) is 1. The Morgan fingerprint density at radius 3 is 2.81 bits per heavy atom. The summed E-state index contributed by atoms with van der Waals surface area (Å²) in [6.45, 7) is 5.54. The molecule has 0 amide bonds. The molecule has 0 bridgehead atoms. The van der Waals surface area contributed by atoms with Gasteiger partial charge in [-0.3, -0.25) is 4.90 Å². The average Bonchev–Trinajstić information content (AvgIpc) is 2.96. The van der Waals surface area contributed by atoms with Gasteiger partial charge in [-0.2, -0.15) is 0 Å². The van der Waals surface area contributed by atoms with E-state index in [-0.39, 0.29) is 0 Å². The number of hydrogen-bond donors (Lipinski definition) is 3. The molecular weight excluding hydrogens is 260 g/mol. The summed E-state index contributed by atoms with van der Waals surface area (Å²) in [5.41, 5.74) is 2.60. The number of benzene rings is 1. The van der Waals surface area contributed by atoms with E-state index in [9.17, 15) is 0 Å². The van der Waals surface area contributed by atoms with Crippen molar-refractivity contribution in [2.75, 3.05) is 20.1 Å². The lowest BCUT2D eigenvalue weighted by molar-refractivity contribution is 0.136. The van der Waals surface area contributed by atoms with Gasteiger partial charge in [0.25, 0.3) is 0 Å². The van der Waals surface area contributed by atoms with E-state index in [0.29, 0.717) is 12.2 Å². The van der Waals surface area contributed by atoms with Gasteiger partial charge in [0.1, 0.15) is 0 Å². The second-order valence-corrected chi connectivity index (χ2v) is 6.02. The lowest BCUT2D eigenvalue weighted by Gasteiger charge is -2.36. The van der Waals surface area contributed by atoms with Crippen LogP contribution in [0.2, 0.25) is 0 Å². The fraction of sp³-hybridized carbons (Fsp3) is 0.529. The molecule has 1 aliphatic heterocycles. The van der Waals surface area contributed by atoms with Crippen molar-refractivity contribution in [1.82, 2.24) is 20.5 Å². The molecule has 0 saturated carbocycles. The first-order valence-corrected chi connectivity index (χ1v) is 7.97. The number of hydrogen-bond acceptors (Lipinski definition) is 3. The van der Waals surface area contributed by atoms with Crippen LogP contribution in [0.3, 0.4) is 0 Å². The van der Waals surface area contributed by atoms with Crippen molar-refractivity contribution in [3.05, 3.63) is 36.0 Å². The molecular formula is C17H26N4. The van der Waals surface area contributed by atoms with Gasteiger partial charge in [0.05, 0.1) is 6.17 Å². The Morgan fingerprint density at radius 2 is 2.05 bits per heavy atom. The predicted octanol–water partition coefficient (Wildman–Crippen LogP) is 2.29. The molecule has 3 N–H and O–H groups in total. The largest absolute Gasteiger partial charge is 0.361 e. The number of aromatic amines is 1. The van der Waals surface area contributed by atoms with Crippen molar-refractivity contribution < 1.29 is 0 Å². The molecule has 21 heavy (non-hydrogen) atoms. The number of aromatic nitrogens is 1. The zero-order valence-corrected chi connectivity index (χ0v) is 13.0. The minimum Gasteiger partial charge on any atom is -0.361 e. The molecule has 4 nitrogen and oxygen atoms in total. The van der Waals surface area contributed by atoms with E-state index >= 15 is 0 Å². The van der Waals surface area contributed by atoms with E-state index in [4.69, 9.17) is 0 Å². The van der Waals surface area contributed by atoms with Crippen molar-refractivity contribution in [3.8, 4) is 0 Å². The minimum absolute atomic E-state index is 0.486. The summed E-state index contributed by atoms with van der Waals surface area (Å²) in [6, 6.07) is 9.15. The summed E-state index contributed by atoms with van der Waals surface area (Å²) in [5, 5.41) is 8.39. The van der Waals surface area contributed by atoms with E-state index in [2.05, 4.69) is 57.9 Å². The molecule has 114 valence electrons. The minimum atomic E-state index is 0.486. The third kappa shape index (κ3) is 3.28. The van der Waals surface area contributed by atoms with Crippen LogP contribution in [0.4, 0.5) is 0 Å². The molecule has 1 saturated heterocycles. The highest BCUT2D eigenvalue weighted by Crippen LogP contribution is 2.18. The van der Waals surface area contributed by atoms with Crippen LogP contribution in [0.5, 0.6) is 0 Å².